The molecule has 6 heteroatoms. The lowest BCUT2D eigenvalue weighted by molar-refractivity contribution is -0.0312. The van der Waals surface area contributed by atoms with Crippen molar-refractivity contribution in [3.63, 3.8) is 0 Å². The Bertz CT molecular complexity index is 378. The molecule has 0 saturated heterocycles. The van der Waals surface area contributed by atoms with Crippen LogP contribution in [0, 0.1) is 5.92 Å². The van der Waals surface area contributed by atoms with Gasteiger partial charge in [-0.05, 0) is 5.56 Å². The molecule has 108 valence electrons. The van der Waals surface area contributed by atoms with Crippen molar-refractivity contribution in [2.24, 2.45) is 5.92 Å². The van der Waals surface area contributed by atoms with Crippen LogP contribution in [0.5, 0.6) is 0 Å². The monoisotopic (exact) mass is 333 g/mol. The van der Waals surface area contributed by atoms with Crippen LogP contribution in [-0.2, 0) is 6.54 Å². The lowest BCUT2D eigenvalue weighted by Crippen LogP contribution is -2.43. The molecular weight excluding hydrogens is 314 g/mol. The summed E-state index contributed by atoms with van der Waals surface area (Å²) in [5.41, 5.74) is 1.04. The van der Waals surface area contributed by atoms with Crippen LogP contribution in [0.15, 0.2) is 30.3 Å². The Morgan fingerprint density at radius 2 is 1.58 bits per heavy atom. The van der Waals surface area contributed by atoms with Crippen molar-refractivity contribution >= 4 is 17.0 Å². The maximum atomic E-state index is 9.82. The summed E-state index contributed by atoms with van der Waals surface area (Å²) >= 11 is 0. The Hall–Kier alpha value is -0.500. The molecule has 1 aliphatic rings. The van der Waals surface area contributed by atoms with E-state index in [9.17, 15) is 20.4 Å². The largest absolute Gasteiger partial charge is 0.396 e. The number of aliphatic hydroxyl groups excluding tert-OH is 4. The molecule has 5 atom stereocenters. The van der Waals surface area contributed by atoms with E-state index < -0.39 is 30.3 Å². The lowest BCUT2D eigenvalue weighted by Gasteiger charge is -2.22. The Balaban J connectivity index is 0.00000180. The molecule has 1 fully saturated rings. The van der Waals surface area contributed by atoms with E-state index in [0.717, 1.165) is 5.56 Å². The molecule has 0 aliphatic heterocycles. The third-order valence-electron chi connectivity index (χ3n) is 3.56. The Morgan fingerprint density at radius 1 is 0.947 bits per heavy atom. The second-order valence-corrected chi connectivity index (χ2v) is 4.71. The van der Waals surface area contributed by atoms with Gasteiger partial charge in [-0.2, -0.15) is 0 Å². The summed E-state index contributed by atoms with van der Waals surface area (Å²) < 4.78 is 0. The number of rotatable bonds is 4. The van der Waals surface area contributed by atoms with E-state index in [0.29, 0.717) is 6.54 Å². The zero-order valence-corrected chi connectivity index (χ0v) is 12.1. The van der Waals surface area contributed by atoms with Gasteiger partial charge in [-0.1, -0.05) is 30.3 Å². The van der Waals surface area contributed by atoms with Crippen LogP contribution in [0.3, 0.4) is 0 Å². The van der Waals surface area contributed by atoms with E-state index in [4.69, 9.17) is 0 Å². The maximum absolute atomic E-state index is 9.82. The van der Waals surface area contributed by atoms with Crippen LogP contribution < -0.4 is 5.32 Å². The highest BCUT2D eigenvalue weighted by molar-refractivity contribution is 8.93. The molecule has 0 spiro atoms. The fourth-order valence-electron chi connectivity index (χ4n) is 2.46. The van der Waals surface area contributed by atoms with Crippen LogP contribution >= 0.6 is 17.0 Å². The van der Waals surface area contributed by atoms with Crippen molar-refractivity contribution in [2.45, 2.75) is 30.9 Å². The third kappa shape index (κ3) is 3.53. The van der Waals surface area contributed by atoms with Crippen LogP contribution in [-0.4, -0.2) is 51.4 Å². The van der Waals surface area contributed by atoms with Gasteiger partial charge in [0.05, 0.1) is 18.8 Å². The fourth-order valence-corrected chi connectivity index (χ4v) is 2.46. The molecule has 1 aromatic rings. The smallest absolute Gasteiger partial charge is 0.108 e. The molecule has 2 rings (SSSR count). The van der Waals surface area contributed by atoms with Crippen molar-refractivity contribution in [3.05, 3.63) is 35.9 Å². The number of aliphatic hydroxyl groups is 4. The van der Waals surface area contributed by atoms with Gasteiger partial charge in [0.2, 0.25) is 0 Å². The minimum absolute atomic E-state index is 0. The van der Waals surface area contributed by atoms with E-state index in [1.165, 1.54) is 0 Å². The average molecular weight is 334 g/mol. The average Bonchev–Trinajstić information content (AvgIpc) is 2.61. The Kier molecular flexibility index (Phi) is 6.38. The van der Waals surface area contributed by atoms with Gasteiger partial charge in [-0.3, -0.25) is 0 Å². The highest BCUT2D eigenvalue weighted by atomic mass is 79.9. The molecule has 0 unspecified atom stereocenters. The molecule has 5 N–H and O–H groups in total. The molecule has 0 aromatic heterocycles. The van der Waals surface area contributed by atoms with Crippen LogP contribution in [0.4, 0.5) is 0 Å². The lowest BCUT2D eigenvalue weighted by atomic mass is 10.0. The summed E-state index contributed by atoms with van der Waals surface area (Å²) in [7, 11) is 0. The second-order valence-electron chi connectivity index (χ2n) is 4.71. The second kappa shape index (κ2) is 7.33. The van der Waals surface area contributed by atoms with Gasteiger partial charge in [0, 0.05) is 18.5 Å². The first-order valence-corrected chi connectivity index (χ1v) is 6.07. The standard InChI is InChI=1S/C13H19NO4.BrH/c15-7-9-10(12(17)13(18)11(9)16)14-6-8-4-2-1-3-5-8;/h1-5,9-18H,6-7H2;1H/t9-,10+,11-,12-,13-;/m0./s1. The van der Waals surface area contributed by atoms with Crippen molar-refractivity contribution in [3.8, 4) is 0 Å². The van der Waals surface area contributed by atoms with E-state index in [1.807, 2.05) is 30.3 Å². The number of hydrogen-bond donors (Lipinski definition) is 5. The Morgan fingerprint density at radius 3 is 2.16 bits per heavy atom. The molecular formula is C13H20BrNO4. The summed E-state index contributed by atoms with van der Waals surface area (Å²) in [6.07, 6.45) is -3.38. The van der Waals surface area contributed by atoms with E-state index >= 15 is 0 Å². The number of hydrogen-bond acceptors (Lipinski definition) is 5. The van der Waals surface area contributed by atoms with Gasteiger partial charge in [-0.15, -0.1) is 17.0 Å². The molecule has 0 radical (unpaired) electrons. The predicted octanol–water partition coefficient (Wildman–Crippen LogP) is -0.573. The fraction of sp³-hybridized carbons (Fsp3) is 0.538. The molecule has 0 heterocycles. The summed E-state index contributed by atoms with van der Waals surface area (Å²) in [5, 5.41) is 41.4. The molecule has 0 bridgehead atoms. The summed E-state index contributed by atoms with van der Waals surface area (Å²) in [4.78, 5) is 0. The van der Waals surface area contributed by atoms with Crippen LogP contribution in [0.1, 0.15) is 5.56 Å². The highest BCUT2D eigenvalue weighted by Gasteiger charge is 2.48. The van der Waals surface area contributed by atoms with Gasteiger partial charge in [-0.25, -0.2) is 0 Å². The summed E-state index contributed by atoms with van der Waals surface area (Å²) in [6, 6.07) is 9.10. The highest BCUT2D eigenvalue weighted by Crippen LogP contribution is 2.27. The molecule has 19 heavy (non-hydrogen) atoms. The Labute approximate surface area is 122 Å². The van der Waals surface area contributed by atoms with Crippen LogP contribution in [0.25, 0.3) is 0 Å². The summed E-state index contributed by atoms with van der Waals surface area (Å²) in [6.45, 7) is 0.236. The first-order valence-electron chi connectivity index (χ1n) is 6.07. The van der Waals surface area contributed by atoms with Crippen molar-refractivity contribution in [1.29, 1.82) is 0 Å². The van der Waals surface area contributed by atoms with E-state index in [2.05, 4.69) is 5.32 Å². The van der Waals surface area contributed by atoms with Gasteiger partial charge in [0.15, 0.2) is 0 Å². The number of nitrogens with one attached hydrogen (secondary N) is 1. The van der Waals surface area contributed by atoms with Crippen LogP contribution in [0.2, 0.25) is 0 Å². The number of benzene rings is 1. The SMILES string of the molecule is Br.OC[C@@H]1[C@H](O)[C@H](O)[C@@H](O)[C@@H]1NCc1ccccc1. The quantitative estimate of drug-likeness (QED) is 0.509. The van der Waals surface area contributed by atoms with Gasteiger partial charge >= 0.3 is 0 Å². The zero-order valence-electron chi connectivity index (χ0n) is 10.4. The van der Waals surface area contributed by atoms with E-state index in [1.54, 1.807) is 0 Å². The van der Waals surface area contributed by atoms with Crippen molar-refractivity contribution in [2.75, 3.05) is 6.61 Å². The van der Waals surface area contributed by atoms with Crippen molar-refractivity contribution in [1.82, 2.24) is 5.32 Å². The topological polar surface area (TPSA) is 93.0 Å². The minimum atomic E-state index is -1.21. The summed E-state index contributed by atoms with van der Waals surface area (Å²) in [5.74, 6) is -0.557. The van der Waals surface area contributed by atoms with Crippen molar-refractivity contribution < 1.29 is 20.4 Å². The molecule has 1 aromatic carbocycles. The van der Waals surface area contributed by atoms with E-state index in [-0.39, 0.29) is 23.6 Å². The molecule has 5 nitrogen and oxygen atoms in total. The zero-order chi connectivity index (χ0) is 13.1. The molecule has 1 saturated carbocycles. The van der Waals surface area contributed by atoms with Gasteiger partial charge < -0.3 is 25.7 Å². The third-order valence-corrected chi connectivity index (χ3v) is 3.56. The predicted molar refractivity (Wildman–Crippen MR) is 76.0 cm³/mol. The van der Waals surface area contributed by atoms with Gasteiger partial charge in [0.1, 0.15) is 6.10 Å². The molecule has 0 amide bonds. The number of halogens is 1. The molecule has 1 aliphatic carbocycles. The maximum Gasteiger partial charge on any atom is 0.108 e. The first kappa shape index (κ1) is 16.6. The minimum Gasteiger partial charge on any atom is -0.396 e. The first-order chi connectivity index (χ1) is 8.65. The normalized spacial score (nSPS) is 34.0. The van der Waals surface area contributed by atoms with Gasteiger partial charge in [0.25, 0.3) is 0 Å².